The van der Waals surface area contributed by atoms with E-state index in [1.54, 1.807) is 12.1 Å². The first-order chi connectivity index (χ1) is 17.2. The number of ether oxygens (including phenoxy) is 2. The minimum Gasteiger partial charge on any atom is -0.437 e. The number of carbonyl (C=O) groups is 1. The van der Waals surface area contributed by atoms with E-state index in [1.165, 1.54) is 0 Å². The first kappa shape index (κ1) is 24.3. The van der Waals surface area contributed by atoms with Crippen molar-refractivity contribution in [1.82, 2.24) is 4.57 Å². The van der Waals surface area contributed by atoms with E-state index in [1.807, 2.05) is 12.1 Å². The van der Waals surface area contributed by atoms with Crippen LogP contribution in [0.25, 0.3) is 22.2 Å². The molecule has 1 aromatic heterocycles. The van der Waals surface area contributed by atoms with Crippen molar-refractivity contribution in [2.24, 2.45) is 0 Å². The van der Waals surface area contributed by atoms with Crippen molar-refractivity contribution >= 4 is 34.1 Å². The molecular weight excluding hydrogens is 473 g/mol. The Morgan fingerprint density at radius 1 is 1.14 bits per heavy atom. The molecule has 1 saturated heterocycles. The minimum atomic E-state index is -4.62. The van der Waals surface area contributed by atoms with Gasteiger partial charge in [-0.2, -0.15) is 13.2 Å². The van der Waals surface area contributed by atoms with Gasteiger partial charge in [-0.25, -0.2) is 4.79 Å². The highest BCUT2D eigenvalue weighted by atomic mass is 19.4. The number of nitrogens with two attached hydrogens (primary N) is 1. The average Bonchev–Trinajstić information content (AvgIpc) is 3.10. The molecule has 0 spiro atoms. The Kier molecular flexibility index (Phi) is 6.46. The van der Waals surface area contributed by atoms with E-state index in [4.69, 9.17) is 10.5 Å². The van der Waals surface area contributed by atoms with E-state index in [0.29, 0.717) is 30.6 Å². The third kappa shape index (κ3) is 4.69. The Hall–Kier alpha value is -3.40. The fourth-order valence-electron chi connectivity index (χ4n) is 4.75. The van der Waals surface area contributed by atoms with Crippen molar-refractivity contribution in [2.75, 3.05) is 42.3 Å². The summed E-state index contributed by atoms with van der Waals surface area (Å²) < 4.78 is 50.2. The van der Waals surface area contributed by atoms with Crippen LogP contribution in [0, 0.1) is 0 Å². The maximum atomic E-state index is 12.7. The van der Waals surface area contributed by atoms with Gasteiger partial charge in [-0.05, 0) is 56.5 Å². The van der Waals surface area contributed by atoms with Gasteiger partial charge in [0.2, 0.25) is 0 Å². The van der Waals surface area contributed by atoms with Crippen LogP contribution in [0.4, 0.5) is 35.0 Å². The molecule has 5 rings (SSSR count). The second-order valence-electron chi connectivity index (χ2n) is 9.31. The molecule has 1 saturated carbocycles. The van der Waals surface area contributed by atoms with Crippen LogP contribution < -0.4 is 16.0 Å². The van der Waals surface area contributed by atoms with Gasteiger partial charge in [0, 0.05) is 41.5 Å². The van der Waals surface area contributed by atoms with Crippen LogP contribution in [-0.4, -0.2) is 49.2 Å². The van der Waals surface area contributed by atoms with E-state index in [2.05, 4.69) is 37.7 Å². The molecule has 1 aliphatic heterocycles. The normalized spacial score (nSPS) is 17.6. The summed E-state index contributed by atoms with van der Waals surface area (Å²) in [5.41, 5.74) is 11.7. The molecule has 2 fully saturated rings. The Morgan fingerprint density at radius 3 is 2.44 bits per heavy atom. The molecule has 36 heavy (non-hydrogen) atoms. The lowest BCUT2D eigenvalue weighted by atomic mass is 9.92. The Bertz CT molecular complexity index is 1250. The van der Waals surface area contributed by atoms with E-state index in [9.17, 15) is 18.0 Å². The number of halogens is 3. The maximum Gasteiger partial charge on any atom is 0.425 e. The molecule has 0 unspecified atom stereocenters. The summed E-state index contributed by atoms with van der Waals surface area (Å²) in [6, 6.07) is 13.6. The number of aromatic nitrogens is 1. The number of rotatable bonds is 5. The van der Waals surface area contributed by atoms with Crippen molar-refractivity contribution in [2.45, 2.75) is 44.5 Å². The van der Waals surface area contributed by atoms with Crippen molar-refractivity contribution < 1.29 is 27.4 Å². The molecule has 0 bridgehead atoms. The summed E-state index contributed by atoms with van der Waals surface area (Å²) in [6.07, 6.45) is -4.66. The summed E-state index contributed by atoms with van der Waals surface area (Å²) in [7, 11) is 0. The second-order valence-corrected chi connectivity index (χ2v) is 9.31. The number of nitrogen functional groups attached to an aromatic ring is 1. The van der Waals surface area contributed by atoms with Gasteiger partial charge < -0.3 is 24.7 Å². The maximum absolute atomic E-state index is 12.7. The first-order valence-corrected chi connectivity index (χ1v) is 12.1. The molecule has 1 amide bonds. The molecule has 3 N–H and O–H groups in total. The number of hydrogen-bond acceptors (Lipinski definition) is 5. The van der Waals surface area contributed by atoms with Crippen LogP contribution in [0.15, 0.2) is 42.5 Å². The van der Waals surface area contributed by atoms with E-state index < -0.39 is 18.4 Å². The third-order valence-electron chi connectivity index (χ3n) is 6.99. The van der Waals surface area contributed by atoms with Crippen LogP contribution >= 0.6 is 0 Å². The van der Waals surface area contributed by atoms with Gasteiger partial charge in [0.25, 0.3) is 0 Å². The fraction of sp³-hybridized carbons (Fsp3) is 0.423. The number of morpholine rings is 1. The molecule has 192 valence electrons. The molecule has 1 aliphatic carbocycles. The number of fused-ring (bicyclic) bond motifs is 1. The van der Waals surface area contributed by atoms with Gasteiger partial charge in [-0.1, -0.05) is 12.1 Å². The summed E-state index contributed by atoms with van der Waals surface area (Å²) in [4.78, 5) is 14.2. The van der Waals surface area contributed by atoms with Crippen molar-refractivity contribution in [3.8, 4) is 11.3 Å². The zero-order chi connectivity index (χ0) is 25.4. The number of amides is 1. The molecule has 0 radical (unpaired) electrons. The molecule has 2 heterocycles. The van der Waals surface area contributed by atoms with E-state index in [0.717, 1.165) is 67.1 Å². The average molecular weight is 503 g/mol. The van der Waals surface area contributed by atoms with Crippen LogP contribution in [-0.2, 0) is 9.47 Å². The van der Waals surface area contributed by atoms with Gasteiger partial charge in [0.15, 0.2) is 6.10 Å². The standard InChI is InChI=1S/C26H29F3N4O3/c1-16(26(27,28)29)36-25(34)31-18-7-5-17(6-8-18)24-23(30)21-15-20(32-11-13-35-14-12-32)9-10-22(21)33(24)19-3-2-4-19/h5-10,15-16,19H,2-4,11-14,30H2,1H3,(H,31,34)/t16-/m1/s1. The zero-order valence-electron chi connectivity index (χ0n) is 20.0. The number of anilines is 3. The highest BCUT2D eigenvalue weighted by Gasteiger charge is 2.39. The van der Waals surface area contributed by atoms with Gasteiger partial charge in [0.1, 0.15) is 0 Å². The fourth-order valence-corrected chi connectivity index (χ4v) is 4.75. The number of nitrogens with zero attached hydrogens (tertiary/aromatic N) is 2. The molecule has 2 aromatic carbocycles. The van der Waals surface area contributed by atoms with Crippen LogP contribution in [0.1, 0.15) is 32.2 Å². The number of hydrogen-bond donors (Lipinski definition) is 2. The highest BCUT2D eigenvalue weighted by Crippen LogP contribution is 2.45. The molecule has 2 aliphatic rings. The van der Waals surface area contributed by atoms with Crippen molar-refractivity contribution in [3.63, 3.8) is 0 Å². The van der Waals surface area contributed by atoms with Crippen LogP contribution in [0.2, 0.25) is 0 Å². The summed E-state index contributed by atoms with van der Waals surface area (Å²) >= 11 is 0. The van der Waals surface area contributed by atoms with Crippen LogP contribution in [0.5, 0.6) is 0 Å². The SMILES string of the molecule is C[C@@H](OC(=O)Nc1ccc(-c2c(N)c3cc(N4CCOCC4)ccc3n2C2CCC2)cc1)C(F)(F)F. The monoisotopic (exact) mass is 502 g/mol. The summed E-state index contributed by atoms with van der Waals surface area (Å²) in [5.74, 6) is 0. The van der Waals surface area contributed by atoms with Crippen LogP contribution in [0.3, 0.4) is 0 Å². The predicted octanol–water partition coefficient (Wildman–Crippen LogP) is 5.95. The zero-order valence-corrected chi connectivity index (χ0v) is 20.0. The molecular formula is C26H29F3N4O3. The lowest BCUT2D eigenvalue weighted by Gasteiger charge is -2.31. The molecule has 7 nitrogen and oxygen atoms in total. The van der Waals surface area contributed by atoms with Crippen molar-refractivity contribution in [3.05, 3.63) is 42.5 Å². The quantitative estimate of drug-likeness (QED) is 0.451. The summed E-state index contributed by atoms with van der Waals surface area (Å²) in [6.45, 7) is 3.85. The van der Waals surface area contributed by atoms with E-state index >= 15 is 0 Å². The Morgan fingerprint density at radius 2 is 1.83 bits per heavy atom. The van der Waals surface area contributed by atoms with Gasteiger partial charge >= 0.3 is 12.3 Å². The Labute approximate surface area is 206 Å². The van der Waals surface area contributed by atoms with Gasteiger partial charge in [0.05, 0.1) is 30.1 Å². The number of carbonyl (C=O) groups excluding carboxylic acids is 1. The lowest BCUT2D eigenvalue weighted by molar-refractivity contribution is -0.196. The highest BCUT2D eigenvalue weighted by molar-refractivity contribution is 6.02. The number of benzene rings is 2. The van der Waals surface area contributed by atoms with E-state index in [-0.39, 0.29) is 0 Å². The predicted molar refractivity (Wildman–Crippen MR) is 133 cm³/mol. The van der Waals surface area contributed by atoms with Gasteiger partial charge in [-0.15, -0.1) is 0 Å². The first-order valence-electron chi connectivity index (χ1n) is 12.1. The minimum absolute atomic E-state index is 0.331. The van der Waals surface area contributed by atoms with Gasteiger partial charge in [-0.3, -0.25) is 5.32 Å². The summed E-state index contributed by atoms with van der Waals surface area (Å²) in [5, 5.41) is 3.35. The topological polar surface area (TPSA) is 81.8 Å². The lowest BCUT2D eigenvalue weighted by Crippen LogP contribution is -2.36. The largest absolute Gasteiger partial charge is 0.437 e. The second kappa shape index (κ2) is 9.57. The smallest absolute Gasteiger partial charge is 0.425 e. The molecule has 1 atom stereocenters. The number of nitrogens with one attached hydrogen (secondary N) is 1. The van der Waals surface area contributed by atoms with Crippen molar-refractivity contribution in [1.29, 1.82) is 0 Å². The third-order valence-corrected chi connectivity index (χ3v) is 6.99. The Balaban J connectivity index is 1.44. The molecule has 3 aromatic rings. The number of alkyl halides is 3. The molecule has 10 heteroatoms.